The first-order valence-corrected chi connectivity index (χ1v) is 5.43. The number of nitrogens with two attached hydrogens (primary N) is 1. The predicted octanol–water partition coefficient (Wildman–Crippen LogP) is -0.316. The van der Waals surface area contributed by atoms with Gasteiger partial charge in [0.05, 0.1) is 26.4 Å². The lowest BCUT2D eigenvalue weighted by molar-refractivity contribution is -0.105. The van der Waals surface area contributed by atoms with Crippen LogP contribution in [0.5, 0.6) is 0 Å². The van der Waals surface area contributed by atoms with Gasteiger partial charge in [-0.3, -0.25) is 0 Å². The number of hydrogen-bond acceptors (Lipinski definition) is 4. The highest BCUT2D eigenvalue weighted by molar-refractivity contribution is 4.94. The molecule has 0 aromatic rings. The van der Waals surface area contributed by atoms with E-state index in [-0.39, 0.29) is 0 Å². The first-order valence-electron chi connectivity index (χ1n) is 5.43. The highest BCUT2D eigenvalue weighted by atomic mass is 16.5. The molecule has 0 atom stereocenters. The Morgan fingerprint density at radius 2 is 2.21 bits per heavy atom. The lowest BCUT2D eigenvalue weighted by Gasteiger charge is -2.37. The van der Waals surface area contributed by atoms with E-state index in [1.54, 1.807) is 0 Å². The molecule has 0 aromatic heterocycles. The fourth-order valence-electron chi connectivity index (χ4n) is 2.22. The monoisotopic (exact) mass is 200 g/mol. The van der Waals surface area contributed by atoms with Crippen LogP contribution < -0.4 is 5.73 Å². The molecule has 4 nitrogen and oxygen atoms in total. The molecule has 4 heteroatoms. The van der Waals surface area contributed by atoms with Crippen LogP contribution in [0.2, 0.25) is 0 Å². The maximum Gasteiger partial charge on any atom is 0.0594 e. The van der Waals surface area contributed by atoms with Crippen molar-refractivity contribution in [2.75, 3.05) is 52.6 Å². The quantitative estimate of drug-likeness (QED) is 0.618. The third-order valence-electron chi connectivity index (χ3n) is 3.15. The molecule has 14 heavy (non-hydrogen) atoms. The summed E-state index contributed by atoms with van der Waals surface area (Å²) in [4.78, 5) is 2.47. The predicted molar refractivity (Wildman–Crippen MR) is 54.2 cm³/mol. The Hall–Kier alpha value is -0.160. The summed E-state index contributed by atoms with van der Waals surface area (Å²) < 4.78 is 10.6. The second kappa shape index (κ2) is 4.57. The van der Waals surface area contributed by atoms with Gasteiger partial charge in [0.25, 0.3) is 0 Å². The molecule has 0 aromatic carbocycles. The maximum absolute atomic E-state index is 5.37. The minimum Gasteiger partial charge on any atom is -0.380 e. The third kappa shape index (κ3) is 2.25. The van der Waals surface area contributed by atoms with Crippen molar-refractivity contribution in [2.24, 2.45) is 11.1 Å². The maximum atomic E-state index is 5.37. The Morgan fingerprint density at radius 1 is 1.36 bits per heavy atom. The Labute approximate surface area is 85.3 Å². The number of ether oxygens (including phenoxy) is 2. The molecule has 2 aliphatic rings. The van der Waals surface area contributed by atoms with Crippen molar-refractivity contribution in [3.8, 4) is 0 Å². The zero-order valence-electron chi connectivity index (χ0n) is 8.71. The highest BCUT2D eigenvalue weighted by Crippen LogP contribution is 2.37. The van der Waals surface area contributed by atoms with Crippen molar-refractivity contribution in [1.29, 1.82) is 0 Å². The third-order valence-corrected chi connectivity index (χ3v) is 3.15. The normalized spacial score (nSPS) is 25.5. The molecular formula is C10H20N2O2. The molecule has 0 unspecified atom stereocenters. The summed E-state index contributed by atoms with van der Waals surface area (Å²) in [7, 11) is 0. The van der Waals surface area contributed by atoms with E-state index in [0.717, 1.165) is 26.4 Å². The van der Waals surface area contributed by atoms with Crippen molar-refractivity contribution in [2.45, 2.75) is 6.42 Å². The molecule has 2 aliphatic heterocycles. The van der Waals surface area contributed by atoms with Crippen LogP contribution in [0.25, 0.3) is 0 Å². The van der Waals surface area contributed by atoms with Crippen LogP contribution in [-0.2, 0) is 9.47 Å². The van der Waals surface area contributed by atoms with Crippen molar-refractivity contribution in [3.05, 3.63) is 0 Å². The zero-order valence-corrected chi connectivity index (χ0v) is 8.71. The van der Waals surface area contributed by atoms with Gasteiger partial charge in [-0.1, -0.05) is 0 Å². The van der Waals surface area contributed by atoms with Crippen LogP contribution in [0.3, 0.4) is 0 Å². The van der Waals surface area contributed by atoms with Gasteiger partial charge in [0.2, 0.25) is 0 Å². The van der Waals surface area contributed by atoms with Gasteiger partial charge in [0, 0.05) is 25.0 Å². The number of likely N-dealkylation sites (tertiary alicyclic amines) is 1. The Kier molecular flexibility index (Phi) is 3.38. The Balaban J connectivity index is 1.59. The molecule has 0 amide bonds. The summed E-state index contributed by atoms with van der Waals surface area (Å²) in [6.45, 7) is 7.49. The van der Waals surface area contributed by atoms with Crippen molar-refractivity contribution < 1.29 is 9.47 Å². The van der Waals surface area contributed by atoms with Gasteiger partial charge in [-0.05, 0) is 13.0 Å². The second-order valence-corrected chi connectivity index (χ2v) is 4.42. The standard InChI is InChI=1S/C10H20N2O2/c11-2-5-13-6-4-12-3-1-10(7-12)8-14-9-10/h1-9,11H2. The topological polar surface area (TPSA) is 47.7 Å². The van der Waals surface area contributed by atoms with E-state index >= 15 is 0 Å². The molecule has 0 radical (unpaired) electrons. The minimum atomic E-state index is 0.508. The van der Waals surface area contributed by atoms with Crippen LogP contribution >= 0.6 is 0 Å². The van der Waals surface area contributed by atoms with Crippen LogP contribution in [-0.4, -0.2) is 57.5 Å². The summed E-state index contributed by atoms with van der Waals surface area (Å²) in [5.41, 5.74) is 5.85. The van der Waals surface area contributed by atoms with Crippen LogP contribution in [0, 0.1) is 5.41 Å². The first kappa shape index (κ1) is 10.4. The van der Waals surface area contributed by atoms with Crippen molar-refractivity contribution >= 4 is 0 Å². The van der Waals surface area contributed by atoms with Gasteiger partial charge in [0.15, 0.2) is 0 Å². The van der Waals surface area contributed by atoms with Gasteiger partial charge >= 0.3 is 0 Å². The zero-order chi connectivity index (χ0) is 9.86. The molecule has 0 aliphatic carbocycles. The van der Waals surface area contributed by atoms with E-state index in [1.807, 2.05) is 0 Å². The fraction of sp³-hybridized carbons (Fsp3) is 1.00. The molecular weight excluding hydrogens is 180 g/mol. The van der Waals surface area contributed by atoms with E-state index in [2.05, 4.69) is 4.90 Å². The molecule has 1 spiro atoms. The average Bonchev–Trinajstić information content (AvgIpc) is 2.56. The second-order valence-electron chi connectivity index (χ2n) is 4.42. The van der Waals surface area contributed by atoms with Crippen molar-refractivity contribution in [1.82, 2.24) is 4.90 Å². The smallest absolute Gasteiger partial charge is 0.0594 e. The van der Waals surface area contributed by atoms with E-state index in [4.69, 9.17) is 15.2 Å². The SMILES string of the molecule is NCCOCCN1CCC2(COC2)C1. The largest absolute Gasteiger partial charge is 0.380 e. The van der Waals surface area contributed by atoms with Gasteiger partial charge < -0.3 is 20.1 Å². The Bertz CT molecular complexity index is 183. The van der Waals surface area contributed by atoms with Gasteiger partial charge in [-0.2, -0.15) is 0 Å². The van der Waals surface area contributed by atoms with E-state index in [0.29, 0.717) is 18.6 Å². The van der Waals surface area contributed by atoms with Crippen LogP contribution in [0.15, 0.2) is 0 Å². The summed E-state index contributed by atoms with van der Waals surface area (Å²) in [5, 5.41) is 0. The molecule has 2 rings (SSSR count). The molecule has 0 saturated carbocycles. The number of nitrogens with zero attached hydrogens (tertiary/aromatic N) is 1. The first-order chi connectivity index (χ1) is 6.85. The number of hydrogen-bond donors (Lipinski definition) is 1. The summed E-state index contributed by atoms with van der Waals surface area (Å²) in [6.07, 6.45) is 1.30. The Morgan fingerprint density at radius 3 is 2.79 bits per heavy atom. The van der Waals surface area contributed by atoms with Crippen LogP contribution in [0.1, 0.15) is 6.42 Å². The summed E-state index contributed by atoms with van der Waals surface area (Å²) in [5.74, 6) is 0. The molecule has 2 fully saturated rings. The minimum absolute atomic E-state index is 0.508. The molecule has 2 N–H and O–H groups in total. The fourth-order valence-corrected chi connectivity index (χ4v) is 2.22. The van der Waals surface area contributed by atoms with Gasteiger partial charge in [-0.25, -0.2) is 0 Å². The molecule has 82 valence electrons. The van der Waals surface area contributed by atoms with Gasteiger partial charge in [0.1, 0.15) is 0 Å². The highest BCUT2D eigenvalue weighted by Gasteiger charge is 2.43. The van der Waals surface area contributed by atoms with Gasteiger partial charge in [-0.15, -0.1) is 0 Å². The molecule has 0 bridgehead atoms. The summed E-state index contributed by atoms with van der Waals surface area (Å²) >= 11 is 0. The lowest BCUT2D eigenvalue weighted by Crippen LogP contribution is -2.44. The van der Waals surface area contributed by atoms with E-state index in [9.17, 15) is 0 Å². The van der Waals surface area contributed by atoms with E-state index < -0.39 is 0 Å². The lowest BCUT2D eigenvalue weighted by atomic mass is 9.85. The van der Waals surface area contributed by atoms with Crippen molar-refractivity contribution in [3.63, 3.8) is 0 Å². The van der Waals surface area contributed by atoms with E-state index in [1.165, 1.54) is 19.5 Å². The number of rotatable bonds is 5. The molecule has 2 heterocycles. The van der Waals surface area contributed by atoms with Crippen LogP contribution in [0.4, 0.5) is 0 Å². The summed E-state index contributed by atoms with van der Waals surface area (Å²) in [6, 6.07) is 0. The average molecular weight is 200 g/mol. The molecule has 2 saturated heterocycles.